The Bertz CT molecular complexity index is 712. The molecule has 108 valence electrons. The van der Waals surface area contributed by atoms with Gasteiger partial charge in [-0.05, 0) is 24.6 Å². The van der Waals surface area contributed by atoms with Gasteiger partial charge in [0, 0.05) is 11.0 Å². The third-order valence-electron chi connectivity index (χ3n) is 2.76. The Hall–Kier alpha value is -1.41. The predicted molar refractivity (Wildman–Crippen MR) is 79.8 cm³/mol. The Kier molecular flexibility index (Phi) is 4.44. The first kappa shape index (κ1) is 15.0. The second kappa shape index (κ2) is 5.92. The first-order chi connectivity index (χ1) is 9.44. The standard InChI is InChI=1S/C12H15BrN4O2S/c1-2-5-17-12(15-8-16-17)7-20(18,19)11-4-3-9(13)6-10(11)14/h3-4,6,8H,2,5,7,14H2,1H3. The van der Waals surface area contributed by atoms with Crippen molar-refractivity contribution < 1.29 is 8.42 Å². The maximum Gasteiger partial charge on any atom is 0.187 e. The van der Waals surface area contributed by atoms with E-state index >= 15 is 0 Å². The molecule has 1 aromatic heterocycles. The van der Waals surface area contributed by atoms with Gasteiger partial charge in [0.25, 0.3) is 0 Å². The molecule has 20 heavy (non-hydrogen) atoms. The molecule has 2 N–H and O–H groups in total. The average molecular weight is 359 g/mol. The van der Waals surface area contributed by atoms with Crippen LogP contribution in [0.5, 0.6) is 0 Å². The normalized spacial score (nSPS) is 11.7. The van der Waals surface area contributed by atoms with Crippen LogP contribution in [-0.2, 0) is 22.1 Å². The summed E-state index contributed by atoms with van der Waals surface area (Å²) in [5.41, 5.74) is 6.00. The highest BCUT2D eigenvalue weighted by molar-refractivity contribution is 9.10. The van der Waals surface area contributed by atoms with E-state index in [0.29, 0.717) is 12.4 Å². The molecule has 0 radical (unpaired) electrons. The molecule has 1 aromatic carbocycles. The summed E-state index contributed by atoms with van der Waals surface area (Å²) in [5, 5.41) is 4.02. The summed E-state index contributed by atoms with van der Waals surface area (Å²) >= 11 is 3.25. The van der Waals surface area contributed by atoms with E-state index in [9.17, 15) is 8.42 Å². The number of aryl methyl sites for hydroxylation is 1. The van der Waals surface area contributed by atoms with Crippen molar-refractivity contribution in [1.82, 2.24) is 14.8 Å². The number of anilines is 1. The van der Waals surface area contributed by atoms with Crippen molar-refractivity contribution >= 4 is 31.5 Å². The van der Waals surface area contributed by atoms with Gasteiger partial charge in [-0.25, -0.2) is 18.1 Å². The highest BCUT2D eigenvalue weighted by Crippen LogP contribution is 2.25. The summed E-state index contributed by atoms with van der Waals surface area (Å²) < 4.78 is 27.2. The van der Waals surface area contributed by atoms with Crippen molar-refractivity contribution in [3.05, 3.63) is 34.8 Å². The van der Waals surface area contributed by atoms with Crippen LogP contribution in [0.3, 0.4) is 0 Å². The molecule has 0 aliphatic rings. The van der Waals surface area contributed by atoms with Crippen LogP contribution in [-0.4, -0.2) is 23.2 Å². The molecule has 1 heterocycles. The Morgan fingerprint density at radius 1 is 1.40 bits per heavy atom. The van der Waals surface area contributed by atoms with E-state index in [1.807, 2.05) is 6.92 Å². The Morgan fingerprint density at radius 3 is 2.80 bits per heavy atom. The van der Waals surface area contributed by atoms with Gasteiger partial charge in [0.1, 0.15) is 17.9 Å². The van der Waals surface area contributed by atoms with Crippen LogP contribution in [0.15, 0.2) is 33.9 Å². The molecular formula is C12H15BrN4O2S. The summed E-state index contributed by atoms with van der Waals surface area (Å²) in [6.07, 6.45) is 2.22. The summed E-state index contributed by atoms with van der Waals surface area (Å²) in [5.74, 6) is 0.216. The van der Waals surface area contributed by atoms with Crippen molar-refractivity contribution in [1.29, 1.82) is 0 Å². The van der Waals surface area contributed by atoms with Crippen LogP contribution in [0.4, 0.5) is 5.69 Å². The smallest absolute Gasteiger partial charge is 0.187 e. The van der Waals surface area contributed by atoms with Gasteiger partial charge in [0.2, 0.25) is 0 Å². The number of benzene rings is 1. The average Bonchev–Trinajstić information content (AvgIpc) is 2.76. The minimum Gasteiger partial charge on any atom is -0.398 e. The molecular weight excluding hydrogens is 344 g/mol. The number of hydrogen-bond donors (Lipinski definition) is 1. The Morgan fingerprint density at radius 2 is 2.15 bits per heavy atom. The van der Waals surface area contributed by atoms with E-state index in [2.05, 4.69) is 26.0 Å². The zero-order valence-electron chi connectivity index (χ0n) is 11.0. The highest BCUT2D eigenvalue weighted by atomic mass is 79.9. The summed E-state index contributed by atoms with van der Waals surface area (Å²) in [7, 11) is -3.54. The lowest BCUT2D eigenvalue weighted by atomic mass is 10.3. The number of sulfone groups is 1. The molecule has 0 saturated carbocycles. The summed E-state index contributed by atoms with van der Waals surface area (Å²) in [6.45, 7) is 2.63. The number of nitrogen functional groups attached to an aromatic ring is 1. The molecule has 8 heteroatoms. The predicted octanol–water partition coefficient (Wildman–Crippen LogP) is 2.01. The fraction of sp³-hybridized carbons (Fsp3) is 0.333. The summed E-state index contributed by atoms with van der Waals surface area (Å²) in [4.78, 5) is 4.13. The van der Waals surface area contributed by atoms with E-state index in [4.69, 9.17) is 5.73 Å². The Labute approximate surface area is 126 Å². The number of nitrogens with zero attached hydrogens (tertiary/aromatic N) is 3. The number of rotatable bonds is 5. The van der Waals surface area contributed by atoms with Gasteiger partial charge in [0.05, 0.1) is 10.6 Å². The zero-order valence-corrected chi connectivity index (χ0v) is 13.4. The molecule has 0 amide bonds. The largest absolute Gasteiger partial charge is 0.398 e. The summed E-state index contributed by atoms with van der Waals surface area (Å²) in [6, 6.07) is 4.72. The first-order valence-electron chi connectivity index (χ1n) is 6.08. The molecule has 0 fully saturated rings. The van der Waals surface area contributed by atoms with Crippen molar-refractivity contribution in [3.63, 3.8) is 0 Å². The number of aromatic nitrogens is 3. The molecule has 0 aliphatic carbocycles. The number of halogens is 1. The SMILES string of the molecule is CCCn1ncnc1CS(=O)(=O)c1ccc(Br)cc1N. The van der Waals surface area contributed by atoms with Crippen LogP contribution in [0.25, 0.3) is 0 Å². The third kappa shape index (κ3) is 3.18. The van der Waals surface area contributed by atoms with Gasteiger partial charge < -0.3 is 5.73 Å². The lowest BCUT2D eigenvalue weighted by Gasteiger charge is -2.08. The molecule has 2 rings (SSSR count). The van der Waals surface area contributed by atoms with Crippen LogP contribution >= 0.6 is 15.9 Å². The van der Waals surface area contributed by atoms with Gasteiger partial charge in [-0.2, -0.15) is 5.10 Å². The van der Waals surface area contributed by atoms with Crippen molar-refractivity contribution in [2.75, 3.05) is 5.73 Å². The lowest BCUT2D eigenvalue weighted by molar-refractivity contribution is 0.566. The molecule has 0 atom stereocenters. The van der Waals surface area contributed by atoms with Crippen LogP contribution < -0.4 is 5.73 Å². The quantitative estimate of drug-likeness (QED) is 0.825. The highest BCUT2D eigenvalue weighted by Gasteiger charge is 2.21. The topological polar surface area (TPSA) is 90.9 Å². The molecule has 0 spiro atoms. The Balaban J connectivity index is 2.33. The van der Waals surface area contributed by atoms with E-state index in [1.165, 1.54) is 12.4 Å². The van der Waals surface area contributed by atoms with Gasteiger partial charge in [-0.1, -0.05) is 22.9 Å². The van der Waals surface area contributed by atoms with E-state index in [1.54, 1.807) is 16.8 Å². The molecule has 0 bridgehead atoms. The number of nitrogens with two attached hydrogens (primary N) is 1. The van der Waals surface area contributed by atoms with E-state index in [-0.39, 0.29) is 16.3 Å². The molecule has 6 nitrogen and oxygen atoms in total. The minimum absolute atomic E-state index is 0.117. The van der Waals surface area contributed by atoms with Gasteiger partial charge in [0.15, 0.2) is 9.84 Å². The maximum atomic E-state index is 12.4. The van der Waals surface area contributed by atoms with Gasteiger partial charge in [-0.15, -0.1) is 0 Å². The second-order valence-electron chi connectivity index (χ2n) is 4.34. The number of hydrogen-bond acceptors (Lipinski definition) is 5. The van der Waals surface area contributed by atoms with E-state index in [0.717, 1.165) is 10.9 Å². The second-order valence-corrected chi connectivity index (χ2v) is 7.21. The zero-order chi connectivity index (χ0) is 14.8. The molecule has 0 saturated heterocycles. The fourth-order valence-corrected chi connectivity index (χ4v) is 3.64. The van der Waals surface area contributed by atoms with Gasteiger partial charge in [-0.3, -0.25) is 0 Å². The van der Waals surface area contributed by atoms with Crippen molar-refractivity contribution in [2.24, 2.45) is 0 Å². The first-order valence-corrected chi connectivity index (χ1v) is 8.53. The van der Waals surface area contributed by atoms with Crippen LogP contribution in [0, 0.1) is 0 Å². The van der Waals surface area contributed by atoms with Crippen LogP contribution in [0.2, 0.25) is 0 Å². The van der Waals surface area contributed by atoms with Crippen LogP contribution in [0.1, 0.15) is 19.2 Å². The third-order valence-corrected chi connectivity index (χ3v) is 4.93. The van der Waals surface area contributed by atoms with Crippen molar-refractivity contribution in [3.8, 4) is 0 Å². The molecule has 2 aromatic rings. The fourth-order valence-electron chi connectivity index (χ4n) is 1.85. The molecule has 0 aliphatic heterocycles. The van der Waals surface area contributed by atoms with Crippen molar-refractivity contribution in [2.45, 2.75) is 30.5 Å². The maximum absolute atomic E-state index is 12.4. The minimum atomic E-state index is -3.54. The van der Waals surface area contributed by atoms with E-state index < -0.39 is 9.84 Å². The monoisotopic (exact) mass is 358 g/mol. The molecule has 0 unspecified atom stereocenters. The van der Waals surface area contributed by atoms with Gasteiger partial charge >= 0.3 is 0 Å². The lowest BCUT2D eigenvalue weighted by Crippen LogP contribution is -2.13.